The summed E-state index contributed by atoms with van der Waals surface area (Å²) in [5.41, 5.74) is 0. The van der Waals surface area contributed by atoms with Gasteiger partial charge in [-0.1, -0.05) is 121 Å². The maximum absolute atomic E-state index is 2.63. The van der Waals surface area contributed by atoms with Gasteiger partial charge in [0.15, 0.2) is 0 Å². The molecule has 0 radical (unpaired) electrons. The van der Waals surface area contributed by atoms with E-state index in [1.54, 1.807) is 0 Å². The van der Waals surface area contributed by atoms with Crippen LogP contribution in [0.1, 0.15) is 0 Å². The first kappa shape index (κ1) is 39.0. The quantitative estimate of drug-likeness (QED) is 0.209. The van der Waals surface area contributed by atoms with E-state index in [-0.39, 0.29) is 49.6 Å². The third-order valence-corrected chi connectivity index (χ3v) is 4.74. The van der Waals surface area contributed by atoms with Gasteiger partial charge >= 0.3 is 0 Å². The van der Waals surface area contributed by atoms with Crippen molar-refractivity contribution in [1.29, 1.82) is 0 Å². The lowest BCUT2D eigenvalue weighted by Crippen LogP contribution is -1.82. The summed E-state index contributed by atoms with van der Waals surface area (Å²) in [5.74, 6) is 0. The summed E-state index contributed by atoms with van der Waals surface area (Å²) in [4.78, 5) is 0. The van der Waals surface area contributed by atoms with E-state index in [0.29, 0.717) is 0 Å². The minimum absolute atomic E-state index is 0. The van der Waals surface area contributed by atoms with Gasteiger partial charge in [0.05, 0.1) is 0 Å². The van der Waals surface area contributed by atoms with Crippen LogP contribution in [-0.4, -0.2) is 0 Å². The summed E-state index contributed by atoms with van der Waals surface area (Å²) in [5, 5.41) is 4.95. The zero-order valence-corrected chi connectivity index (χ0v) is 25.4. The van der Waals surface area contributed by atoms with E-state index in [1.165, 1.54) is 21.2 Å². The van der Waals surface area contributed by atoms with Gasteiger partial charge in [-0.3, -0.25) is 0 Å². The summed E-state index contributed by atoms with van der Waals surface area (Å²) in [6, 6.07) is 40.5. The van der Waals surface area contributed by atoms with Crippen molar-refractivity contribution < 1.29 is 0 Å². The molecule has 0 saturated carbocycles. The fourth-order valence-electron chi connectivity index (χ4n) is 1.81. The number of benzene rings is 4. The maximum atomic E-state index is 2.63. The van der Waals surface area contributed by atoms with E-state index in [9.17, 15) is 0 Å². The van der Waals surface area contributed by atoms with Gasteiger partial charge in [0.2, 0.25) is 0 Å². The first-order valence-corrected chi connectivity index (χ1v) is 11.1. The Morgan fingerprint density at radius 2 is 0.375 bits per heavy atom. The molecule has 0 heterocycles. The Balaban J connectivity index is -0.000000157. The molecule has 4 atom stereocenters. The predicted molar refractivity (Wildman–Crippen MR) is 172 cm³/mol. The zero-order chi connectivity index (χ0) is 20.5. The zero-order valence-electron chi connectivity index (χ0n) is 17.5. The molecular formula is C24H32Cl4P4. The highest BCUT2D eigenvalue weighted by Crippen LogP contribution is 1.88. The van der Waals surface area contributed by atoms with Crippen LogP contribution in [0.25, 0.3) is 0 Å². The maximum Gasteiger partial charge on any atom is -0.0303 e. The summed E-state index contributed by atoms with van der Waals surface area (Å²) in [6.45, 7) is 0. The van der Waals surface area contributed by atoms with Gasteiger partial charge in [-0.15, -0.1) is 86.6 Å². The van der Waals surface area contributed by atoms with E-state index in [1.807, 2.05) is 121 Å². The summed E-state index contributed by atoms with van der Waals surface area (Å²) >= 11 is 0. The minimum atomic E-state index is 0. The molecule has 176 valence electrons. The Kier molecular flexibility index (Phi) is 32.9. The second kappa shape index (κ2) is 27.0. The SMILES string of the molecule is Cl.Cl.Cl.Cl.Pc1ccccc1.Pc1ccccc1.Pc1ccccc1.Pc1ccccc1. The summed E-state index contributed by atoms with van der Waals surface area (Å²) < 4.78 is 0. The normalized spacial score (nSPS) is 7.62. The van der Waals surface area contributed by atoms with Gasteiger partial charge < -0.3 is 0 Å². The molecule has 0 spiro atoms. The average molecular weight is 586 g/mol. The van der Waals surface area contributed by atoms with E-state index < -0.39 is 0 Å². The van der Waals surface area contributed by atoms with Crippen LogP contribution in [0.15, 0.2) is 121 Å². The molecule has 0 fully saturated rings. The lowest BCUT2D eigenvalue weighted by atomic mass is 10.4. The first-order chi connectivity index (χ1) is 13.6. The highest BCUT2D eigenvalue weighted by atomic mass is 35.5. The number of hydrogen-bond donors (Lipinski definition) is 0. The Morgan fingerprint density at radius 1 is 0.250 bits per heavy atom. The molecule has 0 aliphatic carbocycles. The van der Waals surface area contributed by atoms with Crippen molar-refractivity contribution in [2.24, 2.45) is 0 Å². The van der Waals surface area contributed by atoms with Crippen LogP contribution in [0.4, 0.5) is 0 Å². The van der Waals surface area contributed by atoms with Crippen LogP contribution in [-0.2, 0) is 0 Å². The van der Waals surface area contributed by atoms with Gasteiger partial charge in [-0.05, 0) is 21.2 Å². The molecule has 4 aromatic carbocycles. The van der Waals surface area contributed by atoms with Crippen LogP contribution in [0, 0.1) is 0 Å². The molecule has 0 saturated heterocycles. The largest absolute Gasteiger partial charge is 0.147 e. The van der Waals surface area contributed by atoms with Crippen molar-refractivity contribution in [2.45, 2.75) is 0 Å². The fourth-order valence-corrected chi connectivity index (χ4v) is 2.70. The third-order valence-electron chi connectivity index (χ3n) is 3.20. The fraction of sp³-hybridized carbons (Fsp3) is 0. The van der Waals surface area contributed by atoms with Gasteiger partial charge in [-0.2, -0.15) is 0 Å². The molecular weight excluding hydrogens is 554 g/mol. The van der Waals surface area contributed by atoms with Gasteiger partial charge in [0, 0.05) is 0 Å². The van der Waals surface area contributed by atoms with Crippen LogP contribution in [0.3, 0.4) is 0 Å². The Bertz CT molecular complexity index is 704. The molecule has 4 aromatic rings. The molecule has 0 nitrogen and oxygen atoms in total. The highest BCUT2D eigenvalue weighted by molar-refractivity contribution is 7.28. The third kappa shape index (κ3) is 24.4. The van der Waals surface area contributed by atoms with Crippen molar-refractivity contribution in [3.8, 4) is 0 Å². The Morgan fingerprint density at radius 3 is 0.438 bits per heavy atom. The molecule has 0 aliphatic heterocycles. The van der Waals surface area contributed by atoms with Crippen molar-refractivity contribution >= 4 is 108 Å². The molecule has 4 rings (SSSR count). The molecule has 32 heavy (non-hydrogen) atoms. The molecule has 0 amide bonds. The van der Waals surface area contributed by atoms with Crippen molar-refractivity contribution in [1.82, 2.24) is 0 Å². The monoisotopic (exact) mass is 584 g/mol. The lowest BCUT2D eigenvalue weighted by Gasteiger charge is -1.82. The Hall–Kier alpha value is -0.240. The lowest BCUT2D eigenvalue weighted by molar-refractivity contribution is 1.78. The van der Waals surface area contributed by atoms with E-state index in [4.69, 9.17) is 0 Å². The molecule has 8 heteroatoms. The van der Waals surface area contributed by atoms with E-state index >= 15 is 0 Å². The highest BCUT2D eigenvalue weighted by Gasteiger charge is 1.74. The van der Waals surface area contributed by atoms with Crippen molar-refractivity contribution in [3.05, 3.63) is 121 Å². The average Bonchev–Trinajstić information content (AvgIpc) is 2.72. The first-order valence-electron chi connectivity index (χ1n) is 8.80. The minimum Gasteiger partial charge on any atom is -0.147 e. The summed E-state index contributed by atoms with van der Waals surface area (Å²) in [7, 11) is 10.5. The van der Waals surface area contributed by atoms with Crippen molar-refractivity contribution in [3.63, 3.8) is 0 Å². The summed E-state index contributed by atoms with van der Waals surface area (Å²) in [6.07, 6.45) is 0. The second-order valence-corrected chi connectivity index (χ2v) is 8.31. The van der Waals surface area contributed by atoms with Crippen LogP contribution in [0.5, 0.6) is 0 Å². The van der Waals surface area contributed by atoms with Crippen molar-refractivity contribution in [2.75, 3.05) is 0 Å². The van der Waals surface area contributed by atoms with Gasteiger partial charge in [-0.25, -0.2) is 0 Å². The number of hydrogen-bond acceptors (Lipinski definition) is 0. The predicted octanol–water partition coefficient (Wildman–Crippen LogP) is 6.44. The molecule has 0 bridgehead atoms. The Labute approximate surface area is 228 Å². The van der Waals surface area contributed by atoms with Crippen LogP contribution in [0.2, 0.25) is 0 Å². The molecule has 0 aliphatic rings. The number of rotatable bonds is 0. The van der Waals surface area contributed by atoms with E-state index in [2.05, 4.69) is 37.0 Å². The molecule has 4 unspecified atom stereocenters. The molecule has 0 aromatic heterocycles. The topological polar surface area (TPSA) is 0 Å². The van der Waals surface area contributed by atoms with Gasteiger partial charge in [0.25, 0.3) is 0 Å². The van der Waals surface area contributed by atoms with Crippen LogP contribution < -0.4 is 21.2 Å². The second-order valence-electron chi connectivity index (χ2n) is 5.64. The number of halogens is 4. The van der Waals surface area contributed by atoms with Gasteiger partial charge in [0.1, 0.15) is 0 Å². The van der Waals surface area contributed by atoms with Crippen LogP contribution >= 0.6 is 86.6 Å². The smallest absolute Gasteiger partial charge is 0.0303 e. The molecule has 0 N–H and O–H groups in total. The standard InChI is InChI=1S/4C6H7P.4ClH/c4*7-6-4-2-1-3-5-6;;;;/h4*1-5H,7H2;4*1H. The van der Waals surface area contributed by atoms with E-state index in [0.717, 1.165) is 0 Å².